The standard InChI is InChI=1S/C21H29Cl2NO/c1-12-8-9-17(22)19(23)18(12)20(16-10-13(2)14(3)11-16)24-21(25)15-6-4-5-7-15/h8-9,13-16,20H,4-7,10-11H2,1-3H3,(H,24,25)/t13-,14+,16?,20-/m0/s1. The van der Waals surface area contributed by atoms with E-state index in [4.69, 9.17) is 23.2 Å². The second kappa shape index (κ2) is 7.88. The lowest BCUT2D eigenvalue weighted by Crippen LogP contribution is -2.37. The predicted octanol–water partition coefficient (Wildman–Crippen LogP) is 6.33. The SMILES string of the molecule is Cc1ccc(Cl)c(Cl)c1[C@@H](NC(=O)C1CCCC1)C1C[C@@H](C)[C@@H](C)C1. The number of aryl methyl sites for hydroxylation is 1. The molecule has 4 atom stereocenters. The lowest BCUT2D eigenvalue weighted by molar-refractivity contribution is -0.126. The fourth-order valence-corrected chi connectivity index (χ4v) is 5.21. The van der Waals surface area contributed by atoms with Crippen molar-refractivity contribution < 1.29 is 4.79 Å². The summed E-state index contributed by atoms with van der Waals surface area (Å²) in [5.74, 6) is 2.13. The molecule has 1 aromatic carbocycles. The maximum absolute atomic E-state index is 12.9. The first-order chi connectivity index (χ1) is 11.9. The number of benzene rings is 1. The highest BCUT2D eigenvalue weighted by atomic mass is 35.5. The van der Waals surface area contributed by atoms with Gasteiger partial charge in [-0.25, -0.2) is 0 Å². The number of carbonyl (C=O) groups excluding carboxylic acids is 1. The molecule has 0 spiro atoms. The third kappa shape index (κ3) is 4.01. The largest absolute Gasteiger partial charge is 0.349 e. The van der Waals surface area contributed by atoms with Gasteiger partial charge in [-0.2, -0.15) is 0 Å². The molecule has 1 amide bonds. The highest BCUT2D eigenvalue weighted by Crippen LogP contribution is 2.46. The predicted molar refractivity (Wildman–Crippen MR) is 105 cm³/mol. The van der Waals surface area contributed by atoms with E-state index in [0.29, 0.717) is 27.8 Å². The molecule has 2 aliphatic carbocycles. The highest BCUT2D eigenvalue weighted by molar-refractivity contribution is 6.42. The van der Waals surface area contributed by atoms with Gasteiger partial charge in [-0.05, 0) is 67.6 Å². The quantitative estimate of drug-likeness (QED) is 0.648. The van der Waals surface area contributed by atoms with Crippen LogP contribution in [0.3, 0.4) is 0 Å². The first-order valence-electron chi connectivity index (χ1n) is 9.63. The lowest BCUT2D eigenvalue weighted by atomic mass is 9.87. The van der Waals surface area contributed by atoms with Gasteiger partial charge < -0.3 is 5.32 Å². The Hall–Kier alpha value is -0.730. The smallest absolute Gasteiger partial charge is 0.223 e. The molecule has 1 unspecified atom stereocenters. The third-order valence-electron chi connectivity index (χ3n) is 6.48. The number of rotatable bonds is 4. The monoisotopic (exact) mass is 381 g/mol. The summed E-state index contributed by atoms with van der Waals surface area (Å²) in [7, 11) is 0. The number of hydrogen-bond donors (Lipinski definition) is 1. The summed E-state index contributed by atoms with van der Waals surface area (Å²) in [6.45, 7) is 6.69. The molecule has 2 nitrogen and oxygen atoms in total. The Balaban J connectivity index is 1.92. The summed E-state index contributed by atoms with van der Waals surface area (Å²) in [5, 5.41) is 4.56. The van der Waals surface area contributed by atoms with E-state index in [1.54, 1.807) is 0 Å². The van der Waals surface area contributed by atoms with Crippen molar-refractivity contribution in [1.82, 2.24) is 5.32 Å². The molecule has 2 saturated carbocycles. The zero-order chi connectivity index (χ0) is 18.1. The van der Waals surface area contributed by atoms with Crippen molar-refractivity contribution in [2.24, 2.45) is 23.7 Å². The van der Waals surface area contributed by atoms with E-state index in [9.17, 15) is 4.79 Å². The minimum absolute atomic E-state index is 0.0355. The highest BCUT2D eigenvalue weighted by Gasteiger charge is 2.37. The van der Waals surface area contributed by atoms with E-state index in [0.717, 1.165) is 49.7 Å². The van der Waals surface area contributed by atoms with E-state index in [1.165, 1.54) is 0 Å². The van der Waals surface area contributed by atoms with Crippen LogP contribution < -0.4 is 5.32 Å². The van der Waals surface area contributed by atoms with Crippen molar-refractivity contribution >= 4 is 29.1 Å². The topological polar surface area (TPSA) is 29.1 Å². The molecular weight excluding hydrogens is 353 g/mol. The molecule has 4 heteroatoms. The molecule has 0 aliphatic heterocycles. The summed E-state index contributed by atoms with van der Waals surface area (Å²) in [4.78, 5) is 12.9. The number of amides is 1. The second-order valence-electron chi connectivity index (χ2n) is 8.25. The van der Waals surface area contributed by atoms with Gasteiger partial charge in [-0.15, -0.1) is 0 Å². The van der Waals surface area contributed by atoms with Crippen LogP contribution in [0, 0.1) is 30.6 Å². The van der Waals surface area contributed by atoms with Gasteiger partial charge in [0.15, 0.2) is 0 Å². The Morgan fingerprint density at radius 2 is 1.72 bits per heavy atom. The van der Waals surface area contributed by atoms with Crippen LogP contribution in [0.15, 0.2) is 12.1 Å². The van der Waals surface area contributed by atoms with E-state index in [1.807, 2.05) is 12.1 Å². The Morgan fingerprint density at radius 3 is 2.32 bits per heavy atom. The molecule has 138 valence electrons. The lowest BCUT2D eigenvalue weighted by Gasteiger charge is -2.29. The molecule has 0 aromatic heterocycles. The molecule has 0 saturated heterocycles. The number of nitrogens with one attached hydrogen (secondary N) is 1. The number of halogens is 2. The zero-order valence-electron chi connectivity index (χ0n) is 15.4. The van der Waals surface area contributed by atoms with Crippen LogP contribution >= 0.6 is 23.2 Å². The van der Waals surface area contributed by atoms with Crippen LogP contribution in [0.4, 0.5) is 0 Å². The van der Waals surface area contributed by atoms with Gasteiger partial charge in [0.1, 0.15) is 0 Å². The van der Waals surface area contributed by atoms with Gasteiger partial charge >= 0.3 is 0 Å². The summed E-state index contributed by atoms with van der Waals surface area (Å²) in [5.41, 5.74) is 2.13. The van der Waals surface area contributed by atoms with Crippen LogP contribution in [0.2, 0.25) is 10.0 Å². The zero-order valence-corrected chi connectivity index (χ0v) is 17.0. The van der Waals surface area contributed by atoms with Gasteiger partial charge in [0, 0.05) is 5.92 Å². The van der Waals surface area contributed by atoms with Crippen molar-refractivity contribution in [2.45, 2.75) is 65.3 Å². The maximum atomic E-state index is 12.9. The van der Waals surface area contributed by atoms with Crippen molar-refractivity contribution in [3.05, 3.63) is 33.3 Å². The molecule has 0 bridgehead atoms. The molecule has 0 radical (unpaired) electrons. The maximum Gasteiger partial charge on any atom is 0.223 e. The minimum atomic E-state index is -0.0355. The van der Waals surface area contributed by atoms with Gasteiger partial charge in [-0.3, -0.25) is 4.79 Å². The molecule has 2 aliphatic rings. The number of hydrogen-bond acceptors (Lipinski definition) is 1. The molecule has 1 aromatic rings. The molecule has 3 rings (SSSR count). The first kappa shape index (κ1) is 19.0. The number of carbonyl (C=O) groups is 1. The molecule has 1 N–H and O–H groups in total. The summed E-state index contributed by atoms with van der Waals surface area (Å²) >= 11 is 12.9. The summed E-state index contributed by atoms with van der Waals surface area (Å²) in [6, 6.07) is 3.82. The van der Waals surface area contributed by atoms with Crippen molar-refractivity contribution in [1.29, 1.82) is 0 Å². The Kier molecular flexibility index (Phi) is 6.00. The van der Waals surface area contributed by atoms with Crippen LogP contribution in [0.5, 0.6) is 0 Å². The van der Waals surface area contributed by atoms with Gasteiger partial charge in [0.2, 0.25) is 5.91 Å². The average Bonchev–Trinajstić information content (AvgIpc) is 3.21. The average molecular weight is 382 g/mol. The third-order valence-corrected chi connectivity index (χ3v) is 7.30. The van der Waals surface area contributed by atoms with Crippen molar-refractivity contribution in [3.8, 4) is 0 Å². The summed E-state index contributed by atoms with van der Waals surface area (Å²) < 4.78 is 0. The van der Waals surface area contributed by atoms with Crippen molar-refractivity contribution in [3.63, 3.8) is 0 Å². The van der Waals surface area contributed by atoms with E-state index in [2.05, 4.69) is 26.1 Å². The molecule has 0 heterocycles. The van der Waals surface area contributed by atoms with Gasteiger partial charge in [0.25, 0.3) is 0 Å². The minimum Gasteiger partial charge on any atom is -0.349 e. The fraction of sp³-hybridized carbons (Fsp3) is 0.667. The van der Waals surface area contributed by atoms with Gasteiger partial charge in [0.05, 0.1) is 16.1 Å². The summed E-state index contributed by atoms with van der Waals surface area (Å²) in [6.07, 6.45) is 6.60. The Labute approximate surface area is 161 Å². The molecular formula is C21H29Cl2NO. The molecule has 2 fully saturated rings. The first-order valence-corrected chi connectivity index (χ1v) is 10.4. The van der Waals surface area contributed by atoms with Crippen LogP contribution in [0.25, 0.3) is 0 Å². The van der Waals surface area contributed by atoms with Crippen LogP contribution in [0.1, 0.15) is 69.5 Å². The Morgan fingerprint density at radius 1 is 1.12 bits per heavy atom. The van der Waals surface area contributed by atoms with Crippen LogP contribution in [-0.4, -0.2) is 5.91 Å². The van der Waals surface area contributed by atoms with Gasteiger partial charge in [-0.1, -0.05) is 56.0 Å². The van der Waals surface area contributed by atoms with E-state index in [-0.39, 0.29) is 17.9 Å². The van der Waals surface area contributed by atoms with E-state index >= 15 is 0 Å². The van der Waals surface area contributed by atoms with Crippen molar-refractivity contribution in [2.75, 3.05) is 0 Å². The van der Waals surface area contributed by atoms with Crippen LogP contribution in [-0.2, 0) is 4.79 Å². The normalized spacial score (nSPS) is 28.3. The molecule has 25 heavy (non-hydrogen) atoms. The second-order valence-corrected chi connectivity index (χ2v) is 9.03. The fourth-order valence-electron chi connectivity index (χ4n) is 4.72. The van der Waals surface area contributed by atoms with E-state index < -0.39 is 0 Å². The Bertz CT molecular complexity index is 629.